The first-order valence-electron chi connectivity index (χ1n) is 11.0. The van der Waals surface area contributed by atoms with Crippen molar-refractivity contribution in [3.63, 3.8) is 0 Å². The average molecular weight is 417 g/mol. The van der Waals surface area contributed by atoms with Crippen LogP contribution >= 0.6 is 0 Å². The van der Waals surface area contributed by atoms with Crippen LogP contribution in [0.25, 0.3) is 0 Å². The van der Waals surface area contributed by atoms with Crippen LogP contribution in [0.3, 0.4) is 0 Å². The molecule has 7 heteroatoms. The molecule has 0 bridgehead atoms. The summed E-state index contributed by atoms with van der Waals surface area (Å²) in [7, 11) is 0. The molecular weight excluding hydrogens is 376 g/mol. The maximum atomic E-state index is 12.1. The predicted molar refractivity (Wildman–Crippen MR) is 110 cm³/mol. The van der Waals surface area contributed by atoms with Crippen molar-refractivity contribution in [2.45, 2.75) is 103 Å². The van der Waals surface area contributed by atoms with Gasteiger partial charge in [-0.3, -0.25) is 0 Å². The number of carbonyl (C=O) groups excluding carboxylic acids is 1. The molecule has 0 amide bonds. The minimum atomic E-state index is -1.29. The molecule has 0 saturated carbocycles. The number of ether oxygens (including phenoxy) is 3. The van der Waals surface area contributed by atoms with Crippen molar-refractivity contribution in [3.05, 3.63) is 11.5 Å². The molecule has 0 fully saturated rings. The van der Waals surface area contributed by atoms with E-state index in [9.17, 15) is 20.1 Å². The van der Waals surface area contributed by atoms with Crippen LogP contribution in [0.15, 0.2) is 11.5 Å². The lowest BCUT2D eigenvalue weighted by Gasteiger charge is -2.19. The van der Waals surface area contributed by atoms with Crippen LogP contribution in [0.5, 0.6) is 0 Å². The highest BCUT2D eigenvalue weighted by Gasteiger charge is 2.42. The van der Waals surface area contributed by atoms with E-state index in [2.05, 4.69) is 6.92 Å². The molecule has 1 aliphatic heterocycles. The number of hydrogen-bond acceptors (Lipinski definition) is 7. The Bertz CT molecular complexity index is 496. The van der Waals surface area contributed by atoms with Gasteiger partial charge in [-0.25, -0.2) is 4.79 Å². The monoisotopic (exact) mass is 416 g/mol. The van der Waals surface area contributed by atoms with Gasteiger partial charge in [-0.2, -0.15) is 0 Å². The zero-order valence-electron chi connectivity index (χ0n) is 18.3. The summed E-state index contributed by atoms with van der Waals surface area (Å²) in [5, 5.41) is 28.9. The second kappa shape index (κ2) is 13.8. The molecule has 2 atom stereocenters. The lowest BCUT2D eigenvalue weighted by molar-refractivity contribution is -0.149. The fraction of sp³-hybridized carbons (Fsp3) is 0.864. The fourth-order valence-electron chi connectivity index (χ4n) is 3.10. The molecule has 0 spiro atoms. The van der Waals surface area contributed by atoms with Crippen molar-refractivity contribution < 1.29 is 34.3 Å². The van der Waals surface area contributed by atoms with Gasteiger partial charge in [0.2, 0.25) is 5.76 Å². The highest BCUT2D eigenvalue weighted by Crippen LogP contribution is 2.28. The largest absolute Gasteiger partial charge is 0.490 e. The van der Waals surface area contributed by atoms with Crippen LogP contribution in [-0.2, 0) is 19.0 Å². The SMILES string of the molecule is CCCCCCCCCCCCOC1=C(OCC(C)(C)O)C(=O)O[C@@H]1[C@@H](O)CO. The number of rotatable bonds is 17. The van der Waals surface area contributed by atoms with Crippen LogP contribution in [-0.4, -0.2) is 58.9 Å². The third-order valence-electron chi connectivity index (χ3n) is 4.76. The van der Waals surface area contributed by atoms with Crippen LogP contribution in [0.1, 0.15) is 85.0 Å². The summed E-state index contributed by atoms with van der Waals surface area (Å²) in [5.74, 6) is -0.807. The summed E-state index contributed by atoms with van der Waals surface area (Å²) in [6.45, 7) is 5.01. The highest BCUT2D eigenvalue weighted by atomic mass is 16.6. The molecule has 0 radical (unpaired) electrons. The second-order valence-electron chi connectivity index (χ2n) is 8.40. The quantitative estimate of drug-likeness (QED) is 0.247. The second-order valence-corrected chi connectivity index (χ2v) is 8.40. The first-order valence-corrected chi connectivity index (χ1v) is 11.0. The Labute approximate surface area is 175 Å². The van der Waals surface area contributed by atoms with Gasteiger partial charge in [0.1, 0.15) is 12.7 Å². The van der Waals surface area contributed by atoms with Crippen molar-refractivity contribution in [2.75, 3.05) is 19.8 Å². The molecule has 0 aromatic carbocycles. The topological polar surface area (TPSA) is 105 Å². The summed E-state index contributed by atoms with van der Waals surface area (Å²) in [4.78, 5) is 12.1. The van der Waals surface area contributed by atoms with E-state index in [0.29, 0.717) is 6.61 Å². The van der Waals surface area contributed by atoms with Gasteiger partial charge in [-0.1, -0.05) is 64.7 Å². The molecule has 7 nitrogen and oxygen atoms in total. The highest BCUT2D eigenvalue weighted by molar-refractivity contribution is 5.89. The Hall–Kier alpha value is -1.31. The number of cyclic esters (lactones) is 1. The van der Waals surface area contributed by atoms with E-state index in [1.54, 1.807) is 13.8 Å². The minimum absolute atomic E-state index is 0.0942. The number of unbranched alkanes of at least 4 members (excludes halogenated alkanes) is 9. The van der Waals surface area contributed by atoms with Crippen LogP contribution in [0.4, 0.5) is 0 Å². The Morgan fingerprint density at radius 2 is 1.55 bits per heavy atom. The fourth-order valence-corrected chi connectivity index (χ4v) is 3.10. The van der Waals surface area contributed by atoms with E-state index in [-0.39, 0.29) is 18.1 Å². The van der Waals surface area contributed by atoms with Gasteiger partial charge in [0.15, 0.2) is 11.9 Å². The van der Waals surface area contributed by atoms with Crippen LogP contribution in [0, 0.1) is 0 Å². The maximum absolute atomic E-state index is 12.1. The van der Waals surface area contributed by atoms with E-state index >= 15 is 0 Å². The number of esters is 1. The summed E-state index contributed by atoms with van der Waals surface area (Å²) >= 11 is 0. The summed E-state index contributed by atoms with van der Waals surface area (Å²) < 4.78 is 16.2. The van der Waals surface area contributed by atoms with Gasteiger partial charge < -0.3 is 29.5 Å². The first-order chi connectivity index (χ1) is 13.8. The predicted octanol–water partition coefficient (Wildman–Crippen LogP) is 3.20. The zero-order valence-corrected chi connectivity index (χ0v) is 18.3. The summed E-state index contributed by atoms with van der Waals surface area (Å²) in [6, 6.07) is 0. The number of hydrogen-bond donors (Lipinski definition) is 3. The third kappa shape index (κ3) is 10.3. The lowest BCUT2D eigenvalue weighted by atomic mass is 10.1. The molecule has 1 heterocycles. The molecular formula is C22H40O7. The van der Waals surface area contributed by atoms with Gasteiger partial charge in [-0.05, 0) is 20.3 Å². The molecule has 0 saturated heterocycles. The molecule has 29 heavy (non-hydrogen) atoms. The van der Waals surface area contributed by atoms with Crippen LogP contribution in [0.2, 0.25) is 0 Å². The standard InChI is InChI=1S/C22H40O7/c1-4-5-6-7-8-9-10-11-12-13-14-27-19-18(17(24)15-23)29-21(25)20(19)28-16-22(2,3)26/h17-18,23-24,26H,4-16H2,1-3H3/t17-,18+/m0/s1. The minimum Gasteiger partial charge on any atom is -0.490 e. The molecule has 1 aliphatic rings. The lowest BCUT2D eigenvalue weighted by Crippen LogP contribution is -2.32. The number of aliphatic hydroxyl groups is 3. The molecule has 0 aromatic heterocycles. The van der Waals surface area contributed by atoms with E-state index < -0.39 is 30.4 Å². The normalized spacial score (nSPS) is 18.1. The smallest absolute Gasteiger partial charge is 0.378 e. The van der Waals surface area contributed by atoms with E-state index in [1.165, 1.54) is 44.9 Å². The molecule has 0 aromatic rings. The Balaban J connectivity index is 2.40. The maximum Gasteiger partial charge on any atom is 0.378 e. The van der Waals surface area contributed by atoms with E-state index in [1.807, 2.05) is 0 Å². The first kappa shape index (κ1) is 25.7. The van der Waals surface area contributed by atoms with Crippen molar-refractivity contribution in [1.82, 2.24) is 0 Å². The van der Waals surface area contributed by atoms with Crippen molar-refractivity contribution in [3.8, 4) is 0 Å². The Kier molecular flexibility index (Phi) is 12.3. The van der Waals surface area contributed by atoms with Gasteiger partial charge in [0.25, 0.3) is 0 Å². The summed E-state index contributed by atoms with van der Waals surface area (Å²) in [5.41, 5.74) is -1.14. The average Bonchev–Trinajstić information content (AvgIpc) is 2.98. The number of carbonyl (C=O) groups is 1. The summed E-state index contributed by atoms with van der Waals surface area (Å²) in [6.07, 6.45) is 9.61. The molecule has 3 N–H and O–H groups in total. The van der Waals surface area contributed by atoms with E-state index in [4.69, 9.17) is 14.2 Å². The molecule has 0 unspecified atom stereocenters. The molecule has 170 valence electrons. The Morgan fingerprint density at radius 1 is 1.00 bits per heavy atom. The Morgan fingerprint density at radius 3 is 2.07 bits per heavy atom. The van der Waals surface area contributed by atoms with Gasteiger partial charge in [-0.15, -0.1) is 0 Å². The third-order valence-corrected chi connectivity index (χ3v) is 4.76. The van der Waals surface area contributed by atoms with Gasteiger partial charge in [0.05, 0.1) is 18.8 Å². The van der Waals surface area contributed by atoms with Crippen molar-refractivity contribution in [2.24, 2.45) is 0 Å². The molecule has 1 rings (SSSR count). The van der Waals surface area contributed by atoms with Crippen molar-refractivity contribution >= 4 is 5.97 Å². The zero-order chi connectivity index (χ0) is 21.7. The van der Waals surface area contributed by atoms with Gasteiger partial charge in [0, 0.05) is 0 Å². The van der Waals surface area contributed by atoms with Crippen LogP contribution < -0.4 is 0 Å². The van der Waals surface area contributed by atoms with Gasteiger partial charge >= 0.3 is 5.97 Å². The van der Waals surface area contributed by atoms with E-state index in [0.717, 1.165) is 19.3 Å². The number of aliphatic hydroxyl groups excluding tert-OH is 2. The van der Waals surface area contributed by atoms with Crippen molar-refractivity contribution in [1.29, 1.82) is 0 Å². The molecule has 0 aliphatic carbocycles.